The molecule has 0 saturated heterocycles. The minimum absolute atomic E-state index is 0.469. The Bertz CT molecular complexity index is 1000. The molecular formula is C20H22N8. The predicted molar refractivity (Wildman–Crippen MR) is 115 cm³/mol. The van der Waals surface area contributed by atoms with Crippen LogP contribution in [0.4, 0.5) is 45.5 Å². The molecule has 142 valence electrons. The topological polar surface area (TPSA) is 154 Å². The summed E-state index contributed by atoms with van der Waals surface area (Å²) < 4.78 is 0. The van der Waals surface area contributed by atoms with E-state index < -0.39 is 0 Å². The van der Waals surface area contributed by atoms with Crippen molar-refractivity contribution in [1.82, 2.24) is 0 Å². The van der Waals surface area contributed by atoms with Crippen LogP contribution in [0.2, 0.25) is 0 Å². The first-order valence-electron chi connectivity index (χ1n) is 8.58. The van der Waals surface area contributed by atoms with Crippen LogP contribution >= 0.6 is 0 Å². The van der Waals surface area contributed by atoms with Crippen molar-refractivity contribution in [1.29, 1.82) is 0 Å². The van der Waals surface area contributed by atoms with Crippen LogP contribution in [0.25, 0.3) is 0 Å². The summed E-state index contributed by atoms with van der Waals surface area (Å²) in [5.41, 5.74) is 29.9. The number of aryl methyl sites for hydroxylation is 2. The SMILES string of the molecule is Cc1cc(N=Nc2cccc(N=Nc3cc(C)c(N)cc3N)c2)c(N)cc1N. The molecule has 0 aliphatic carbocycles. The van der Waals surface area contributed by atoms with Gasteiger partial charge in [-0.05, 0) is 67.4 Å². The molecule has 0 amide bonds. The van der Waals surface area contributed by atoms with Crippen molar-refractivity contribution in [3.63, 3.8) is 0 Å². The molecular weight excluding hydrogens is 352 g/mol. The molecule has 0 aromatic heterocycles. The summed E-state index contributed by atoms with van der Waals surface area (Å²) in [4.78, 5) is 0. The average molecular weight is 374 g/mol. The Morgan fingerprint density at radius 2 is 0.964 bits per heavy atom. The second kappa shape index (κ2) is 7.75. The number of nitrogen functional groups attached to an aromatic ring is 4. The maximum absolute atomic E-state index is 5.95. The first kappa shape index (κ1) is 18.8. The van der Waals surface area contributed by atoms with E-state index in [-0.39, 0.29) is 0 Å². The van der Waals surface area contributed by atoms with Crippen LogP contribution in [0, 0.1) is 13.8 Å². The lowest BCUT2D eigenvalue weighted by Gasteiger charge is -2.05. The van der Waals surface area contributed by atoms with Gasteiger partial charge in [-0.25, -0.2) is 0 Å². The molecule has 3 aromatic carbocycles. The molecule has 3 aromatic rings. The van der Waals surface area contributed by atoms with Gasteiger partial charge in [0, 0.05) is 11.4 Å². The molecule has 0 spiro atoms. The second-order valence-corrected chi connectivity index (χ2v) is 6.46. The number of hydrogen-bond donors (Lipinski definition) is 4. The van der Waals surface area contributed by atoms with Crippen LogP contribution in [-0.2, 0) is 0 Å². The number of anilines is 4. The van der Waals surface area contributed by atoms with Crippen LogP contribution in [0.3, 0.4) is 0 Å². The highest BCUT2D eigenvalue weighted by molar-refractivity contribution is 5.71. The van der Waals surface area contributed by atoms with Crippen LogP contribution in [0.5, 0.6) is 0 Å². The lowest BCUT2D eigenvalue weighted by Crippen LogP contribution is -1.93. The molecule has 0 saturated carbocycles. The van der Waals surface area contributed by atoms with Gasteiger partial charge in [-0.15, -0.1) is 10.2 Å². The van der Waals surface area contributed by atoms with E-state index in [0.717, 1.165) is 11.1 Å². The lowest BCUT2D eigenvalue weighted by atomic mass is 10.1. The molecule has 8 N–H and O–H groups in total. The molecule has 0 bridgehead atoms. The molecule has 0 unspecified atom stereocenters. The standard InChI is InChI=1S/C20H22N8/c1-11-6-19(17(23)9-15(11)21)27-25-13-4-3-5-14(8-13)26-28-20-7-12(2)16(22)10-18(20)24/h3-10H,21-24H2,1-2H3. The number of benzene rings is 3. The largest absolute Gasteiger partial charge is 0.398 e. The zero-order valence-electron chi connectivity index (χ0n) is 15.7. The lowest BCUT2D eigenvalue weighted by molar-refractivity contribution is 1.20. The molecule has 0 aliphatic heterocycles. The van der Waals surface area contributed by atoms with Gasteiger partial charge in [0.1, 0.15) is 11.4 Å². The van der Waals surface area contributed by atoms with Crippen molar-refractivity contribution >= 4 is 45.5 Å². The van der Waals surface area contributed by atoms with E-state index in [2.05, 4.69) is 20.5 Å². The Balaban J connectivity index is 1.83. The molecule has 0 heterocycles. The fourth-order valence-corrected chi connectivity index (χ4v) is 2.47. The van der Waals surface area contributed by atoms with E-state index in [1.165, 1.54) is 0 Å². The summed E-state index contributed by atoms with van der Waals surface area (Å²) in [6.45, 7) is 3.78. The highest BCUT2D eigenvalue weighted by atomic mass is 15.1. The van der Waals surface area contributed by atoms with Crippen LogP contribution in [0.1, 0.15) is 11.1 Å². The summed E-state index contributed by atoms with van der Waals surface area (Å²) in [5.74, 6) is 0. The summed E-state index contributed by atoms with van der Waals surface area (Å²) in [5, 5.41) is 16.9. The highest BCUT2D eigenvalue weighted by Gasteiger charge is 2.04. The summed E-state index contributed by atoms with van der Waals surface area (Å²) in [6, 6.07) is 14.1. The Kier molecular flexibility index (Phi) is 5.21. The second-order valence-electron chi connectivity index (χ2n) is 6.46. The number of nitrogens with two attached hydrogens (primary N) is 4. The average Bonchev–Trinajstić information content (AvgIpc) is 2.66. The normalized spacial score (nSPS) is 11.5. The third kappa shape index (κ3) is 4.24. The monoisotopic (exact) mass is 374 g/mol. The van der Waals surface area contributed by atoms with E-state index in [0.29, 0.717) is 45.5 Å². The Labute approximate surface area is 163 Å². The number of hydrogen-bond acceptors (Lipinski definition) is 8. The molecule has 0 fully saturated rings. The zero-order valence-corrected chi connectivity index (χ0v) is 15.7. The van der Waals surface area contributed by atoms with Gasteiger partial charge in [-0.3, -0.25) is 0 Å². The minimum Gasteiger partial charge on any atom is -0.398 e. The fourth-order valence-electron chi connectivity index (χ4n) is 2.47. The van der Waals surface area contributed by atoms with E-state index >= 15 is 0 Å². The highest BCUT2D eigenvalue weighted by Crippen LogP contribution is 2.31. The van der Waals surface area contributed by atoms with Gasteiger partial charge in [0.15, 0.2) is 0 Å². The maximum atomic E-state index is 5.95. The molecule has 0 aliphatic rings. The Hall–Kier alpha value is -3.94. The van der Waals surface area contributed by atoms with Crippen molar-refractivity contribution < 1.29 is 0 Å². The van der Waals surface area contributed by atoms with E-state index in [1.807, 2.05) is 32.0 Å². The number of rotatable bonds is 4. The smallest absolute Gasteiger partial charge is 0.109 e. The zero-order chi connectivity index (χ0) is 20.3. The van der Waals surface area contributed by atoms with Gasteiger partial charge >= 0.3 is 0 Å². The first-order valence-corrected chi connectivity index (χ1v) is 8.58. The molecule has 28 heavy (non-hydrogen) atoms. The Morgan fingerprint density at radius 1 is 0.536 bits per heavy atom. The third-order valence-corrected chi connectivity index (χ3v) is 4.21. The van der Waals surface area contributed by atoms with E-state index in [1.54, 1.807) is 30.3 Å². The van der Waals surface area contributed by atoms with Crippen LogP contribution < -0.4 is 22.9 Å². The van der Waals surface area contributed by atoms with Crippen LogP contribution in [-0.4, -0.2) is 0 Å². The van der Waals surface area contributed by atoms with Crippen LogP contribution in [0.15, 0.2) is 69.0 Å². The van der Waals surface area contributed by atoms with Crippen molar-refractivity contribution in [2.24, 2.45) is 20.5 Å². The molecule has 8 nitrogen and oxygen atoms in total. The number of azo groups is 2. The van der Waals surface area contributed by atoms with Crippen molar-refractivity contribution in [3.8, 4) is 0 Å². The summed E-state index contributed by atoms with van der Waals surface area (Å²) >= 11 is 0. The van der Waals surface area contributed by atoms with E-state index in [9.17, 15) is 0 Å². The van der Waals surface area contributed by atoms with E-state index in [4.69, 9.17) is 22.9 Å². The minimum atomic E-state index is 0.469. The van der Waals surface area contributed by atoms with Gasteiger partial charge in [0.05, 0.1) is 22.7 Å². The van der Waals surface area contributed by atoms with Gasteiger partial charge in [0.2, 0.25) is 0 Å². The Morgan fingerprint density at radius 3 is 1.39 bits per heavy atom. The molecule has 0 atom stereocenters. The molecule has 0 radical (unpaired) electrons. The maximum Gasteiger partial charge on any atom is 0.109 e. The fraction of sp³-hybridized carbons (Fsp3) is 0.100. The predicted octanol–water partition coefficient (Wildman–Crippen LogP) is 5.46. The van der Waals surface area contributed by atoms with Crippen molar-refractivity contribution in [2.45, 2.75) is 13.8 Å². The van der Waals surface area contributed by atoms with Gasteiger partial charge < -0.3 is 22.9 Å². The van der Waals surface area contributed by atoms with Gasteiger partial charge in [0.25, 0.3) is 0 Å². The van der Waals surface area contributed by atoms with Crippen molar-refractivity contribution in [3.05, 3.63) is 59.7 Å². The number of nitrogens with zero attached hydrogens (tertiary/aromatic N) is 4. The first-order chi connectivity index (χ1) is 13.3. The summed E-state index contributed by atoms with van der Waals surface area (Å²) in [6.07, 6.45) is 0. The molecule has 8 heteroatoms. The van der Waals surface area contributed by atoms with Crippen molar-refractivity contribution in [2.75, 3.05) is 22.9 Å². The summed E-state index contributed by atoms with van der Waals surface area (Å²) in [7, 11) is 0. The van der Waals surface area contributed by atoms with Gasteiger partial charge in [-0.1, -0.05) is 6.07 Å². The van der Waals surface area contributed by atoms with Gasteiger partial charge in [-0.2, -0.15) is 10.2 Å². The molecule has 3 rings (SSSR count). The third-order valence-electron chi connectivity index (χ3n) is 4.21. The quantitative estimate of drug-likeness (QED) is 0.353.